The van der Waals surface area contributed by atoms with Crippen LogP contribution >= 0.6 is 0 Å². The van der Waals surface area contributed by atoms with Crippen LogP contribution in [-0.2, 0) is 4.74 Å². The van der Waals surface area contributed by atoms with Crippen molar-refractivity contribution in [2.75, 3.05) is 33.9 Å². The van der Waals surface area contributed by atoms with Crippen LogP contribution in [-0.4, -0.2) is 50.8 Å². The number of likely N-dealkylation sites (N-methyl/N-ethyl adjacent to an activating group) is 1. The molecule has 3 heteroatoms. The lowest BCUT2D eigenvalue weighted by Crippen LogP contribution is -2.49. The Morgan fingerprint density at radius 3 is 2.93 bits per heavy atom. The highest BCUT2D eigenvalue weighted by Gasteiger charge is 2.19. The molecule has 0 aromatic rings. The summed E-state index contributed by atoms with van der Waals surface area (Å²) in [5.74, 6) is 0. The number of likely N-dealkylation sites (tertiary alicyclic amines) is 1. The summed E-state index contributed by atoms with van der Waals surface area (Å²) in [7, 11) is 3.97. The lowest BCUT2D eigenvalue weighted by atomic mass is 10.0. The monoisotopic (exact) mass is 200 g/mol. The van der Waals surface area contributed by atoms with Gasteiger partial charge in [0.25, 0.3) is 0 Å². The third-order valence-corrected chi connectivity index (χ3v) is 2.96. The molecule has 1 rings (SSSR count). The van der Waals surface area contributed by atoms with Crippen molar-refractivity contribution in [2.24, 2.45) is 0 Å². The first-order valence-corrected chi connectivity index (χ1v) is 5.69. The molecule has 2 unspecified atom stereocenters. The van der Waals surface area contributed by atoms with E-state index in [4.69, 9.17) is 4.74 Å². The molecule has 0 amide bonds. The smallest absolute Gasteiger partial charge is 0.0615 e. The molecule has 1 fully saturated rings. The van der Waals surface area contributed by atoms with Crippen molar-refractivity contribution < 1.29 is 4.74 Å². The van der Waals surface area contributed by atoms with E-state index in [0.29, 0.717) is 12.1 Å². The van der Waals surface area contributed by atoms with Gasteiger partial charge in [-0.1, -0.05) is 6.92 Å². The SMILES string of the molecule is CCC(COC)NC1CCCN(C)C1. The minimum atomic E-state index is 0.525. The Morgan fingerprint density at radius 1 is 1.57 bits per heavy atom. The lowest BCUT2D eigenvalue weighted by Gasteiger charge is -2.32. The fraction of sp³-hybridized carbons (Fsp3) is 1.00. The maximum atomic E-state index is 5.19. The summed E-state index contributed by atoms with van der Waals surface area (Å²) in [5, 5.41) is 3.67. The Labute approximate surface area is 87.8 Å². The molecule has 2 atom stereocenters. The summed E-state index contributed by atoms with van der Waals surface area (Å²) in [5.41, 5.74) is 0. The van der Waals surface area contributed by atoms with E-state index >= 15 is 0 Å². The van der Waals surface area contributed by atoms with Crippen LogP contribution in [0, 0.1) is 0 Å². The molecule has 0 spiro atoms. The molecule has 1 heterocycles. The second-order valence-electron chi connectivity index (χ2n) is 4.33. The highest BCUT2D eigenvalue weighted by molar-refractivity contribution is 4.79. The van der Waals surface area contributed by atoms with Crippen molar-refractivity contribution in [2.45, 2.75) is 38.3 Å². The second kappa shape index (κ2) is 6.38. The van der Waals surface area contributed by atoms with Crippen LogP contribution in [0.15, 0.2) is 0 Å². The van der Waals surface area contributed by atoms with Gasteiger partial charge >= 0.3 is 0 Å². The number of ether oxygens (including phenoxy) is 1. The fourth-order valence-electron chi connectivity index (χ4n) is 2.12. The average Bonchev–Trinajstić information content (AvgIpc) is 2.17. The van der Waals surface area contributed by atoms with Crippen LogP contribution in [0.5, 0.6) is 0 Å². The molecule has 1 saturated heterocycles. The van der Waals surface area contributed by atoms with Crippen molar-refractivity contribution in [3.8, 4) is 0 Å². The molecule has 0 aromatic carbocycles. The predicted octanol–water partition coefficient (Wildman–Crippen LogP) is 1.10. The van der Waals surface area contributed by atoms with Crippen molar-refractivity contribution in [1.82, 2.24) is 10.2 Å². The van der Waals surface area contributed by atoms with Gasteiger partial charge in [0.1, 0.15) is 0 Å². The van der Waals surface area contributed by atoms with Crippen LogP contribution in [0.1, 0.15) is 26.2 Å². The van der Waals surface area contributed by atoms with E-state index in [-0.39, 0.29) is 0 Å². The standard InChI is InChI=1S/C11H24N2O/c1-4-10(9-14-3)12-11-6-5-7-13(2)8-11/h10-12H,4-9H2,1-3H3. The number of hydrogen-bond acceptors (Lipinski definition) is 3. The molecule has 0 bridgehead atoms. The number of methoxy groups -OCH3 is 1. The Hall–Kier alpha value is -0.120. The van der Waals surface area contributed by atoms with E-state index < -0.39 is 0 Å². The van der Waals surface area contributed by atoms with Crippen LogP contribution < -0.4 is 5.32 Å². The molecule has 0 saturated carbocycles. The zero-order chi connectivity index (χ0) is 10.4. The van der Waals surface area contributed by atoms with E-state index in [2.05, 4.69) is 24.2 Å². The van der Waals surface area contributed by atoms with Gasteiger partial charge in [-0.3, -0.25) is 0 Å². The van der Waals surface area contributed by atoms with Crippen molar-refractivity contribution in [3.63, 3.8) is 0 Å². The Bertz CT molecular complexity index is 152. The van der Waals surface area contributed by atoms with Crippen LogP contribution in [0.2, 0.25) is 0 Å². The second-order valence-corrected chi connectivity index (χ2v) is 4.33. The van der Waals surface area contributed by atoms with Gasteiger partial charge in [-0.2, -0.15) is 0 Å². The molecule has 1 N–H and O–H groups in total. The van der Waals surface area contributed by atoms with Crippen LogP contribution in [0.25, 0.3) is 0 Å². The molecular weight excluding hydrogens is 176 g/mol. The first-order valence-electron chi connectivity index (χ1n) is 5.69. The van der Waals surface area contributed by atoms with Gasteiger partial charge in [-0.05, 0) is 32.9 Å². The molecule has 0 aliphatic carbocycles. The summed E-state index contributed by atoms with van der Waals surface area (Å²) in [6, 6.07) is 1.19. The normalized spacial score (nSPS) is 26.4. The highest BCUT2D eigenvalue weighted by Crippen LogP contribution is 2.09. The third-order valence-electron chi connectivity index (χ3n) is 2.96. The quantitative estimate of drug-likeness (QED) is 0.719. The van der Waals surface area contributed by atoms with Gasteiger partial charge in [0.05, 0.1) is 6.61 Å². The van der Waals surface area contributed by atoms with E-state index in [9.17, 15) is 0 Å². The molecule has 0 aromatic heterocycles. The van der Waals surface area contributed by atoms with Gasteiger partial charge in [0.15, 0.2) is 0 Å². The third kappa shape index (κ3) is 3.95. The first-order chi connectivity index (χ1) is 6.76. The minimum Gasteiger partial charge on any atom is -0.383 e. The maximum absolute atomic E-state index is 5.19. The van der Waals surface area contributed by atoms with E-state index in [0.717, 1.165) is 13.0 Å². The number of nitrogens with zero attached hydrogens (tertiary/aromatic N) is 1. The van der Waals surface area contributed by atoms with Gasteiger partial charge < -0.3 is 15.0 Å². The summed E-state index contributed by atoms with van der Waals surface area (Å²) in [6.45, 7) is 5.47. The Kier molecular flexibility index (Phi) is 5.45. The first kappa shape index (κ1) is 12.0. The Balaban J connectivity index is 2.26. The molecule has 3 nitrogen and oxygen atoms in total. The maximum Gasteiger partial charge on any atom is 0.0615 e. The van der Waals surface area contributed by atoms with E-state index in [1.165, 1.54) is 25.9 Å². The summed E-state index contributed by atoms with van der Waals surface area (Å²) in [4.78, 5) is 2.40. The number of hydrogen-bond donors (Lipinski definition) is 1. The topological polar surface area (TPSA) is 24.5 Å². The molecule has 1 aliphatic heterocycles. The molecule has 0 radical (unpaired) electrons. The van der Waals surface area contributed by atoms with E-state index in [1.54, 1.807) is 7.11 Å². The lowest BCUT2D eigenvalue weighted by molar-refractivity contribution is 0.142. The zero-order valence-electron chi connectivity index (χ0n) is 9.75. The molecule has 84 valence electrons. The van der Waals surface area contributed by atoms with Crippen molar-refractivity contribution >= 4 is 0 Å². The van der Waals surface area contributed by atoms with Gasteiger partial charge in [-0.25, -0.2) is 0 Å². The number of nitrogens with one attached hydrogen (secondary N) is 1. The largest absolute Gasteiger partial charge is 0.383 e. The predicted molar refractivity (Wildman–Crippen MR) is 59.6 cm³/mol. The molecule has 14 heavy (non-hydrogen) atoms. The van der Waals surface area contributed by atoms with Crippen LogP contribution in [0.3, 0.4) is 0 Å². The highest BCUT2D eigenvalue weighted by atomic mass is 16.5. The number of piperidine rings is 1. The van der Waals surface area contributed by atoms with Gasteiger partial charge in [0.2, 0.25) is 0 Å². The van der Waals surface area contributed by atoms with Gasteiger partial charge in [-0.15, -0.1) is 0 Å². The van der Waals surface area contributed by atoms with Crippen molar-refractivity contribution in [1.29, 1.82) is 0 Å². The fourth-order valence-corrected chi connectivity index (χ4v) is 2.12. The van der Waals surface area contributed by atoms with E-state index in [1.807, 2.05) is 0 Å². The molecule has 1 aliphatic rings. The Morgan fingerprint density at radius 2 is 2.36 bits per heavy atom. The molecular formula is C11H24N2O. The summed E-state index contributed by atoms with van der Waals surface area (Å²) < 4.78 is 5.19. The van der Waals surface area contributed by atoms with Crippen LogP contribution in [0.4, 0.5) is 0 Å². The van der Waals surface area contributed by atoms with Crippen molar-refractivity contribution in [3.05, 3.63) is 0 Å². The minimum absolute atomic E-state index is 0.525. The summed E-state index contributed by atoms with van der Waals surface area (Å²) >= 11 is 0. The summed E-state index contributed by atoms with van der Waals surface area (Å²) in [6.07, 6.45) is 3.77. The number of rotatable bonds is 5. The zero-order valence-corrected chi connectivity index (χ0v) is 9.75. The van der Waals surface area contributed by atoms with Gasteiger partial charge in [0, 0.05) is 25.7 Å². The average molecular weight is 200 g/mol.